The number of hydrogen-bond acceptors (Lipinski definition) is 5. The highest BCUT2D eigenvalue weighted by Gasteiger charge is 2.44. The van der Waals surface area contributed by atoms with E-state index in [1.54, 1.807) is 42.9 Å². The van der Waals surface area contributed by atoms with Gasteiger partial charge in [0.25, 0.3) is 5.56 Å². The van der Waals surface area contributed by atoms with Crippen molar-refractivity contribution in [3.8, 4) is 5.69 Å². The molecule has 1 saturated heterocycles. The van der Waals surface area contributed by atoms with Gasteiger partial charge in [0.2, 0.25) is 5.91 Å². The summed E-state index contributed by atoms with van der Waals surface area (Å²) in [6.07, 6.45) is 1.31. The smallest absolute Gasteiger partial charge is 0.318 e. The van der Waals surface area contributed by atoms with Gasteiger partial charge in [-0.2, -0.15) is 0 Å². The van der Waals surface area contributed by atoms with Crippen LogP contribution in [0.3, 0.4) is 0 Å². The molecule has 2 heterocycles. The highest BCUT2D eigenvalue weighted by molar-refractivity contribution is 6.45. The third kappa shape index (κ3) is 3.63. The second-order valence-electron chi connectivity index (χ2n) is 6.97. The van der Waals surface area contributed by atoms with Crippen LogP contribution >= 0.6 is 0 Å². The molecule has 0 aliphatic carbocycles. The Hall–Kier alpha value is -3.69. The zero-order valence-corrected chi connectivity index (χ0v) is 17.0. The van der Waals surface area contributed by atoms with E-state index in [0.29, 0.717) is 22.7 Å². The van der Waals surface area contributed by atoms with E-state index in [-0.39, 0.29) is 12.2 Å². The fraction of sp³-hybridized carbons (Fsp3) is 0.350. The minimum Gasteiger partial charge on any atom is -0.318 e. The van der Waals surface area contributed by atoms with Crippen molar-refractivity contribution < 1.29 is 19.2 Å². The number of hydrogen-bond donors (Lipinski definition) is 1. The Bertz CT molecular complexity index is 1070. The third-order valence-electron chi connectivity index (χ3n) is 4.99. The molecular weight excluding hydrogens is 390 g/mol. The highest BCUT2D eigenvalue weighted by atomic mass is 16.2. The van der Waals surface area contributed by atoms with Crippen LogP contribution < -0.4 is 10.9 Å². The Morgan fingerprint density at radius 3 is 2.27 bits per heavy atom. The van der Waals surface area contributed by atoms with Crippen molar-refractivity contribution in [3.05, 3.63) is 46.4 Å². The molecule has 1 N–H and O–H groups in total. The average molecular weight is 413 g/mol. The van der Waals surface area contributed by atoms with Gasteiger partial charge in [0.1, 0.15) is 12.2 Å². The number of imide groups is 2. The lowest BCUT2D eigenvalue weighted by molar-refractivity contribution is -0.143. The maximum absolute atomic E-state index is 12.9. The molecule has 3 rings (SSSR count). The number of aromatic nitrogens is 2. The van der Waals surface area contributed by atoms with Crippen LogP contribution in [0.1, 0.15) is 25.5 Å². The molecule has 30 heavy (non-hydrogen) atoms. The second-order valence-corrected chi connectivity index (χ2v) is 6.97. The molecule has 0 spiro atoms. The lowest BCUT2D eigenvalue weighted by Gasteiger charge is -2.14. The average Bonchev–Trinajstić information content (AvgIpc) is 3.06. The third-order valence-corrected chi connectivity index (χ3v) is 4.99. The van der Waals surface area contributed by atoms with Gasteiger partial charge < -0.3 is 5.32 Å². The van der Waals surface area contributed by atoms with Gasteiger partial charge in [-0.15, -0.1) is 0 Å². The standard InChI is InChI=1S/C20H23N5O5/c1-4-5-11-23-18(28)19(29)24(20(23)30)12-15(26)21-16-13(2)22(3)25(17(16)27)14-9-7-6-8-10-14/h6-10H,4-5,11-12H2,1-3H3,(H,21,26). The summed E-state index contributed by atoms with van der Waals surface area (Å²) in [4.78, 5) is 63.3. The number of amides is 5. The molecule has 1 aliphatic heterocycles. The number of unbranched alkanes of at least 4 members (excludes halogenated alkanes) is 1. The summed E-state index contributed by atoms with van der Waals surface area (Å²) in [5.74, 6) is -2.73. The maximum atomic E-state index is 12.9. The zero-order valence-electron chi connectivity index (χ0n) is 17.0. The Kier molecular flexibility index (Phi) is 5.86. The van der Waals surface area contributed by atoms with Crippen LogP contribution in [0.2, 0.25) is 0 Å². The molecule has 0 radical (unpaired) electrons. The van der Waals surface area contributed by atoms with Gasteiger partial charge in [-0.05, 0) is 25.5 Å². The quantitative estimate of drug-likeness (QED) is 0.538. The van der Waals surface area contributed by atoms with Gasteiger partial charge in [0, 0.05) is 13.6 Å². The van der Waals surface area contributed by atoms with E-state index >= 15 is 0 Å². The molecular formula is C20H23N5O5. The second kappa shape index (κ2) is 8.36. The Labute approximate surface area is 172 Å². The minimum absolute atomic E-state index is 0.0413. The summed E-state index contributed by atoms with van der Waals surface area (Å²) in [5, 5.41) is 2.48. The normalized spacial score (nSPS) is 14.0. The van der Waals surface area contributed by atoms with Crippen molar-refractivity contribution in [1.29, 1.82) is 0 Å². The Morgan fingerprint density at radius 1 is 1.00 bits per heavy atom. The molecule has 1 fully saturated rings. The lowest BCUT2D eigenvalue weighted by Crippen LogP contribution is -2.39. The molecule has 158 valence electrons. The number of anilines is 1. The van der Waals surface area contributed by atoms with Crippen LogP contribution in [-0.4, -0.2) is 56.0 Å². The number of nitrogens with zero attached hydrogens (tertiary/aromatic N) is 4. The monoisotopic (exact) mass is 413 g/mol. The summed E-state index contributed by atoms with van der Waals surface area (Å²) in [5.41, 5.74) is 0.710. The molecule has 0 bridgehead atoms. The summed E-state index contributed by atoms with van der Waals surface area (Å²) in [7, 11) is 1.68. The maximum Gasteiger partial charge on any atom is 0.334 e. The van der Waals surface area contributed by atoms with Crippen LogP contribution in [0.15, 0.2) is 35.1 Å². The van der Waals surface area contributed by atoms with Gasteiger partial charge in [0.05, 0.1) is 11.4 Å². The summed E-state index contributed by atoms with van der Waals surface area (Å²) in [6.45, 7) is 3.03. The first-order valence-electron chi connectivity index (χ1n) is 9.59. The van der Waals surface area contributed by atoms with Crippen molar-refractivity contribution in [2.24, 2.45) is 7.05 Å². The zero-order chi connectivity index (χ0) is 22.0. The molecule has 5 amide bonds. The molecule has 10 heteroatoms. The van der Waals surface area contributed by atoms with Gasteiger partial charge >= 0.3 is 17.8 Å². The van der Waals surface area contributed by atoms with Gasteiger partial charge in [-0.25, -0.2) is 14.4 Å². The van der Waals surface area contributed by atoms with E-state index in [1.807, 2.05) is 13.0 Å². The van der Waals surface area contributed by atoms with Crippen LogP contribution in [-0.2, 0) is 21.4 Å². The fourth-order valence-corrected chi connectivity index (χ4v) is 3.24. The number of carbonyl (C=O) groups excluding carboxylic acids is 4. The summed E-state index contributed by atoms with van der Waals surface area (Å²) < 4.78 is 2.99. The van der Waals surface area contributed by atoms with Gasteiger partial charge in [-0.3, -0.25) is 28.8 Å². The molecule has 0 atom stereocenters. The number of carbonyl (C=O) groups is 4. The molecule has 10 nitrogen and oxygen atoms in total. The number of rotatable bonds is 7. The van der Waals surface area contributed by atoms with Crippen molar-refractivity contribution in [3.63, 3.8) is 0 Å². The van der Waals surface area contributed by atoms with Crippen molar-refractivity contribution in [1.82, 2.24) is 19.2 Å². The first-order chi connectivity index (χ1) is 14.3. The van der Waals surface area contributed by atoms with Crippen molar-refractivity contribution >= 4 is 29.4 Å². The van der Waals surface area contributed by atoms with Crippen LogP contribution in [0.5, 0.6) is 0 Å². The summed E-state index contributed by atoms with van der Waals surface area (Å²) >= 11 is 0. The number of benzene rings is 1. The highest BCUT2D eigenvalue weighted by Crippen LogP contribution is 2.16. The topological polar surface area (TPSA) is 114 Å². The molecule has 0 unspecified atom stereocenters. The number of urea groups is 1. The predicted octanol–water partition coefficient (Wildman–Crippen LogP) is 1.01. The van der Waals surface area contributed by atoms with E-state index in [4.69, 9.17) is 0 Å². The SMILES string of the molecule is CCCCN1C(=O)C(=O)N(CC(=O)Nc2c(C)n(C)n(-c3ccccc3)c2=O)C1=O. The van der Waals surface area contributed by atoms with E-state index < -0.39 is 35.9 Å². The van der Waals surface area contributed by atoms with E-state index in [1.165, 1.54) is 4.68 Å². The van der Waals surface area contributed by atoms with Crippen LogP contribution in [0.25, 0.3) is 5.69 Å². The molecule has 1 aromatic heterocycles. The van der Waals surface area contributed by atoms with E-state index in [9.17, 15) is 24.0 Å². The van der Waals surface area contributed by atoms with E-state index in [2.05, 4.69) is 5.32 Å². The number of para-hydroxylation sites is 1. The van der Waals surface area contributed by atoms with Crippen LogP contribution in [0.4, 0.5) is 10.5 Å². The van der Waals surface area contributed by atoms with E-state index in [0.717, 1.165) is 11.3 Å². The predicted molar refractivity (Wildman–Crippen MR) is 108 cm³/mol. The molecule has 2 aromatic rings. The fourth-order valence-electron chi connectivity index (χ4n) is 3.24. The molecule has 0 saturated carbocycles. The largest absolute Gasteiger partial charge is 0.334 e. The minimum atomic E-state index is -1.04. The Balaban J connectivity index is 1.79. The van der Waals surface area contributed by atoms with Gasteiger partial charge in [0.15, 0.2) is 0 Å². The summed E-state index contributed by atoms with van der Waals surface area (Å²) in [6, 6.07) is 8.08. The first-order valence-corrected chi connectivity index (χ1v) is 9.59. The van der Waals surface area contributed by atoms with Gasteiger partial charge in [-0.1, -0.05) is 31.5 Å². The first kappa shape index (κ1) is 21.0. The van der Waals surface area contributed by atoms with Crippen molar-refractivity contribution in [2.75, 3.05) is 18.4 Å². The Morgan fingerprint density at radius 2 is 1.63 bits per heavy atom. The molecule has 1 aliphatic rings. The van der Waals surface area contributed by atoms with Crippen LogP contribution in [0, 0.1) is 6.92 Å². The number of nitrogens with one attached hydrogen (secondary N) is 1. The lowest BCUT2D eigenvalue weighted by atomic mass is 10.3. The van der Waals surface area contributed by atoms with Crippen molar-refractivity contribution in [2.45, 2.75) is 26.7 Å². The molecule has 1 aromatic carbocycles.